The van der Waals surface area contributed by atoms with Crippen LogP contribution >= 0.6 is 0 Å². The molecule has 0 saturated carbocycles. The summed E-state index contributed by atoms with van der Waals surface area (Å²) in [4.78, 5) is 4.07. The Kier molecular flexibility index (Phi) is 2.96. The number of hydrogen-bond acceptors (Lipinski definition) is 3. The summed E-state index contributed by atoms with van der Waals surface area (Å²) in [5.74, 6) is 1.14. The molecular weight excluding hydrogens is 252 g/mol. The monoisotopic (exact) mass is 272 g/mol. The average molecular weight is 272 g/mol. The predicted octanol–water partition coefficient (Wildman–Crippen LogP) is 3.16. The van der Waals surface area contributed by atoms with E-state index in [-0.39, 0.29) is 17.2 Å². The van der Waals surface area contributed by atoms with Gasteiger partial charge in [0.15, 0.2) is 0 Å². The summed E-state index contributed by atoms with van der Waals surface area (Å²) in [5.41, 5.74) is 2.20. The Balaban J connectivity index is 2.10. The second-order valence-corrected chi connectivity index (χ2v) is 6.09. The smallest absolute Gasteiger partial charge is 0.233 e. The number of fused-ring (bicyclic) bond motifs is 1. The van der Waals surface area contributed by atoms with Crippen molar-refractivity contribution in [3.05, 3.63) is 41.9 Å². The van der Waals surface area contributed by atoms with Gasteiger partial charge in [-0.05, 0) is 29.5 Å². The van der Waals surface area contributed by atoms with Gasteiger partial charge in [0, 0.05) is 12.5 Å². The van der Waals surface area contributed by atoms with Crippen LogP contribution in [-0.2, 0) is 6.54 Å². The number of rotatable bonds is 2. The second kappa shape index (κ2) is 4.54. The molecular formula is C16H20N2O2. The average Bonchev–Trinajstić information content (AvgIpc) is 2.80. The largest absolute Gasteiger partial charge is 0.497 e. The fourth-order valence-corrected chi connectivity index (χ4v) is 3.18. The first-order valence-corrected chi connectivity index (χ1v) is 6.91. The van der Waals surface area contributed by atoms with Crippen molar-refractivity contribution in [3.8, 4) is 11.6 Å². The third kappa shape index (κ3) is 1.96. The Labute approximate surface area is 119 Å². The number of methoxy groups -OCH3 is 1. The van der Waals surface area contributed by atoms with E-state index in [1.807, 2.05) is 12.1 Å². The van der Waals surface area contributed by atoms with E-state index in [1.54, 1.807) is 13.4 Å². The molecule has 1 aromatic carbocycles. The maximum Gasteiger partial charge on any atom is 0.233 e. The van der Waals surface area contributed by atoms with Gasteiger partial charge < -0.3 is 14.4 Å². The molecule has 0 spiro atoms. The van der Waals surface area contributed by atoms with Crippen LogP contribution in [0.15, 0.2) is 30.6 Å². The van der Waals surface area contributed by atoms with Crippen LogP contribution in [0.25, 0.3) is 0 Å². The van der Waals surface area contributed by atoms with Crippen LogP contribution in [0.5, 0.6) is 11.6 Å². The quantitative estimate of drug-likeness (QED) is 0.913. The SMILES string of the molecule is COc1ccc(C2c3c(O)ncn3CCC2(C)C)cc1. The highest BCUT2D eigenvalue weighted by Gasteiger charge is 2.39. The van der Waals surface area contributed by atoms with Crippen molar-refractivity contribution in [2.24, 2.45) is 5.41 Å². The Bertz CT molecular complexity index is 614. The Morgan fingerprint density at radius 1 is 1.30 bits per heavy atom. The number of aromatic nitrogens is 2. The number of aromatic hydroxyl groups is 1. The van der Waals surface area contributed by atoms with Gasteiger partial charge in [0.2, 0.25) is 5.88 Å². The summed E-state index contributed by atoms with van der Waals surface area (Å²) in [7, 11) is 1.67. The van der Waals surface area contributed by atoms with Crippen molar-refractivity contribution in [1.82, 2.24) is 9.55 Å². The topological polar surface area (TPSA) is 47.3 Å². The zero-order valence-electron chi connectivity index (χ0n) is 12.1. The van der Waals surface area contributed by atoms with Crippen LogP contribution in [0.2, 0.25) is 0 Å². The summed E-state index contributed by atoms with van der Waals surface area (Å²) in [6.45, 7) is 5.40. The van der Waals surface area contributed by atoms with E-state index < -0.39 is 0 Å². The normalized spacial score (nSPS) is 20.4. The zero-order chi connectivity index (χ0) is 14.3. The molecule has 2 heterocycles. The van der Waals surface area contributed by atoms with Gasteiger partial charge in [-0.15, -0.1) is 0 Å². The van der Waals surface area contributed by atoms with Crippen molar-refractivity contribution >= 4 is 0 Å². The fourth-order valence-electron chi connectivity index (χ4n) is 3.18. The molecule has 106 valence electrons. The van der Waals surface area contributed by atoms with Crippen LogP contribution in [0.3, 0.4) is 0 Å². The lowest BCUT2D eigenvalue weighted by Gasteiger charge is -2.39. The molecule has 0 saturated heterocycles. The molecule has 1 unspecified atom stereocenters. The van der Waals surface area contributed by atoms with Gasteiger partial charge >= 0.3 is 0 Å². The Morgan fingerprint density at radius 3 is 2.65 bits per heavy atom. The molecule has 4 heteroatoms. The lowest BCUT2D eigenvalue weighted by atomic mass is 9.69. The van der Waals surface area contributed by atoms with Crippen molar-refractivity contribution in [3.63, 3.8) is 0 Å². The molecule has 0 bridgehead atoms. The zero-order valence-corrected chi connectivity index (χ0v) is 12.1. The van der Waals surface area contributed by atoms with E-state index in [9.17, 15) is 5.11 Å². The molecule has 4 nitrogen and oxygen atoms in total. The third-order valence-corrected chi connectivity index (χ3v) is 4.36. The van der Waals surface area contributed by atoms with Gasteiger partial charge in [0.1, 0.15) is 5.75 Å². The summed E-state index contributed by atoms with van der Waals surface area (Å²) in [5, 5.41) is 10.1. The first-order chi connectivity index (χ1) is 9.53. The molecule has 3 rings (SSSR count). The molecule has 0 radical (unpaired) electrons. The van der Waals surface area contributed by atoms with E-state index in [2.05, 4.69) is 35.5 Å². The molecule has 1 aromatic heterocycles. The summed E-state index contributed by atoms with van der Waals surface area (Å²) >= 11 is 0. The minimum atomic E-state index is 0.0854. The van der Waals surface area contributed by atoms with Crippen LogP contribution in [0.1, 0.15) is 37.4 Å². The first kappa shape index (κ1) is 13.0. The van der Waals surface area contributed by atoms with E-state index in [0.29, 0.717) is 0 Å². The number of aryl methyl sites for hydroxylation is 1. The highest BCUT2D eigenvalue weighted by Crippen LogP contribution is 2.49. The van der Waals surface area contributed by atoms with Gasteiger partial charge in [0.25, 0.3) is 0 Å². The molecule has 0 fully saturated rings. The van der Waals surface area contributed by atoms with Crippen molar-refractivity contribution in [2.45, 2.75) is 32.7 Å². The van der Waals surface area contributed by atoms with Crippen LogP contribution in [0.4, 0.5) is 0 Å². The molecule has 0 aliphatic carbocycles. The van der Waals surface area contributed by atoms with E-state index in [0.717, 1.165) is 24.4 Å². The lowest BCUT2D eigenvalue weighted by Crippen LogP contribution is -2.31. The van der Waals surface area contributed by atoms with Gasteiger partial charge in [-0.3, -0.25) is 0 Å². The molecule has 0 amide bonds. The van der Waals surface area contributed by atoms with Gasteiger partial charge in [0.05, 0.1) is 19.1 Å². The van der Waals surface area contributed by atoms with E-state index >= 15 is 0 Å². The number of ether oxygens (including phenoxy) is 1. The van der Waals surface area contributed by atoms with E-state index in [1.165, 1.54) is 5.56 Å². The maximum atomic E-state index is 10.1. The molecule has 1 aliphatic rings. The van der Waals surface area contributed by atoms with Crippen molar-refractivity contribution in [1.29, 1.82) is 0 Å². The minimum Gasteiger partial charge on any atom is -0.497 e. The predicted molar refractivity (Wildman–Crippen MR) is 77.1 cm³/mol. The lowest BCUT2D eigenvalue weighted by molar-refractivity contribution is 0.229. The van der Waals surface area contributed by atoms with Gasteiger partial charge in [-0.25, -0.2) is 4.98 Å². The standard InChI is InChI=1S/C16H20N2O2/c1-16(2)8-9-18-10-17-15(19)14(18)13(16)11-4-6-12(20-3)7-5-11/h4-7,10,13,19H,8-9H2,1-3H3. The highest BCUT2D eigenvalue weighted by atomic mass is 16.5. The Hall–Kier alpha value is -1.97. The van der Waals surface area contributed by atoms with E-state index in [4.69, 9.17) is 4.74 Å². The number of benzene rings is 1. The van der Waals surface area contributed by atoms with Crippen molar-refractivity contribution < 1.29 is 9.84 Å². The van der Waals surface area contributed by atoms with Gasteiger partial charge in [-0.1, -0.05) is 26.0 Å². The summed E-state index contributed by atoms with van der Waals surface area (Å²) < 4.78 is 7.28. The number of nitrogens with zero attached hydrogens (tertiary/aromatic N) is 2. The highest BCUT2D eigenvalue weighted by molar-refractivity contribution is 5.39. The molecule has 1 N–H and O–H groups in total. The number of hydrogen-bond donors (Lipinski definition) is 1. The summed E-state index contributed by atoms with van der Waals surface area (Å²) in [6.07, 6.45) is 2.79. The second-order valence-electron chi connectivity index (χ2n) is 6.09. The molecule has 1 atom stereocenters. The fraction of sp³-hybridized carbons (Fsp3) is 0.438. The van der Waals surface area contributed by atoms with Gasteiger partial charge in [-0.2, -0.15) is 0 Å². The minimum absolute atomic E-state index is 0.0854. The Morgan fingerprint density at radius 2 is 2.00 bits per heavy atom. The third-order valence-electron chi connectivity index (χ3n) is 4.36. The molecule has 1 aliphatic heterocycles. The van der Waals surface area contributed by atoms with Crippen LogP contribution < -0.4 is 4.74 Å². The van der Waals surface area contributed by atoms with Crippen LogP contribution in [-0.4, -0.2) is 21.8 Å². The molecule has 20 heavy (non-hydrogen) atoms. The number of imidazole rings is 1. The van der Waals surface area contributed by atoms with Crippen molar-refractivity contribution in [2.75, 3.05) is 7.11 Å². The maximum absolute atomic E-state index is 10.1. The summed E-state index contributed by atoms with van der Waals surface area (Å²) in [6, 6.07) is 8.09. The first-order valence-electron chi connectivity index (χ1n) is 6.91. The van der Waals surface area contributed by atoms with Crippen LogP contribution in [0, 0.1) is 5.41 Å². The molecule has 2 aromatic rings.